The molecule has 4 heteroatoms. The van der Waals surface area contributed by atoms with Crippen molar-refractivity contribution in [2.45, 2.75) is 19.9 Å². The van der Waals surface area contributed by atoms with E-state index in [-0.39, 0.29) is 11.7 Å². The van der Waals surface area contributed by atoms with E-state index < -0.39 is 0 Å². The minimum absolute atomic E-state index is 0.165. The Kier molecular flexibility index (Phi) is 5.32. The van der Waals surface area contributed by atoms with E-state index in [9.17, 15) is 9.18 Å². The molecule has 2 rings (SSSR count). The third kappa shape index (κ3) is 4.60. The Labute approximate surface area is 123 Å². The van der Waals surface area contributed by atoms with Gasteiger partial charge in [-0.3, -0.25) is 4.79 Å². The van der Waals surface area contributed by atoms with Crippen LogP contribution in [0.3, 0.4) is 0 Å². The Morgan fingerprint density at radius 2 is 1.76 bits per heavy atom. The first-order valence-corrected chi connectivity index (χ1v) is 6.94. The van der Waals surface area contributed by atoms with Gasteiger partial charge in [0.15, 0.2) is 0 Å². The zero-order chi connectivity index (χ0) is 15.1. The summed E-state index contributed by atoms with van der Waals surface area (Å²) in [6.45, 7) is 3.07. The molecule has 0 aliphatic carbocycles. The van der Waals surface area contributed by atoms with Gasteiger partial charge in [-0.2, -0.15) is 0 Å². The largest absolute Gasteiger partial charge is 0.494 e. The van der Waals surface area contributed by atoms with E-state index >= 15 is 0 Å². The van der Waals surface area contributed by atoms with Gasteiger partial charge in [0.25, 0.3) is 5.91 Å². The van der Waals surface area contributed by atoms with Crippen LogP contribution in [0.1, 0.15) is 29.3 Å². The van der Waals surface area contributed by atoms with Crippen LogP contribution in [-0.4, -0.2) is 12.5 Å². The van der Waals surface area contributed by atoms with Crippen molar-refractivity contribution in [3.05, 3.63) is 65.5 Å². The first-order chi connectivity index (χ1) is 10.2. The van der Waals surface area contributed by atoms with Crippen molar-refractivity contribution in [1.29, 1.82) is 0 Å². The third-order valence-electron chi connectivity index (χ3n) is 2.96. The molecule has 0 unspecified atom stereocenters. The zero-order valence-corrected chi connectivity index (χ0v) is 11.9. The maximum atomic E-state index is 12.8. The second-order valence-electron chi connectivity index (χ2n) is 4.68. The van der Waals surface area contributed by atoms with E-state index in [2.05, 4.69) is 5.32 Å². The fourth-order valence-corrected chi connectivity index (χ4v) is 1.81. The SMILES string of the molecule is CCCOc1ccc(C(=O)NCc2ccc(F)cc2)cc1. The molecule has 0 atom stereocenters. The fourth-order valence-electron chi connectivity index (χ4n) is 1.81. The lowest BCUT2D eigenvalue weighted by Gasteiger charge is -2.07. The molecule has 0 radical (unpaired) electrons. The molecule has 21 heavy (non-hydrogen) atoms. The summed E-state index contributed by atoms with van der Waals surface area (Å²) in [4.78, 5) is 12.0. The first-order valence-electron chi connectivity index (χ1n) is 6.94. The lowest BCUT2D eigenvalue weighted by molar-refractivity contribution is 0.0951. The highest BCUT2D eigenvalue weighted by molar-refractivity contribution is 5.94. The summed E-state index contributed by atoms with van der Waals surface area (Å²) < 4.78 is 18.2. The van der Waals surface area contributed by atoms with Crippen molar-refractivity contribution < 1.29 is 13.9 Å². The highest BCUT2D eigenvalue weighted by atomic mass is 19.1. The average molecular weight is 287 g/mol. The molecule has 0 aliphatic heterocycles. The molecule has 0 fully saturated rings. The van der Waals surface area contributed by atoms with Crippen molar-refractivity contribution in [3.63, 3.8) is 0 Å². The first kappa shape index (κ1) is 15.0. The molecule has 0 spiro atoms. The summed E-state index contributed by atoms with van der Waals surface area (Å²) >= 11 is 0. The van der Waals surface area contributed by atoms with E-state index in [0.717, 1.165) is 17.7 Å². The van der Waals surface area contributed by atoms with E-state index in [0.29, 0.717) is 18.7 Å². The molecule has 0 bridgehead atoms. The van der Waals surface area contributed by atoms with Gasteiger partial charge in [-0.05, 0) is 48.4 Å². The molecular weight excluding hydrogens is 269 g/mol. The summed E-state index contributed by atoms with van der Waals surface area (Å²) in [5.41, 5.74) is 1.42. The molecule has 1 N–H and O–H groups in total. The number of hydrogen-bond donors (Lipinski definition) is 1. The van der Waals surface area contributed by atoms with Gasteiger partial charge in [-0.1, -0.05) is 19.1 Å². The number of nitrogens with one attached hydrogen (secondary N) is 1. The van der Waals surface area contributed by atoms with Crippen molar-refractivity contribution in [2.75, 3.05) is 6.61 Å². The van der Waals surface area contributed by atoms with Gasteiger partial charge in [0.05, 0.1) is 6.61 Å². The summed E-state index contributed by atoms with van der Waals surface area (Å²) in [5.74, 6) is 0.307. The summed E-state index contributed by atoms with van der Waals surface area (Å²) in [6, 6.07) is 13.1. The monoisotopic (exact) mass is 287 g/mol. The highest BCUT2D eigenvalue weighted by Gasteiger charge is 2.05. The van der Waals surface area contributed by atoms with Gasteiger partial charge >= 0.3 is 0 Å². The van der Waals surface area contributed by atoms with Crippen LogP contribution in [0.2, 0.25) is 0 Å². The smallest absolute Gasteiger partial charge is 0.251 e. The van der Waals surface area contributed by atoms with E-state index in [1.165, 1.54) is 12.1 Å². The molecular formula is C17H18FNO2. The van der Waals surface area contributed by atoms with Gasteiger partial charge < -0.3 is 10.1 Å². The van der Waals surface area contributed by atoms with Crippen molar-refractivity contribution in [2.24, 2.45) is 0 Å². The second kappa shape index (κ2) is 7.43. The van der Waals surface area contributed by atoms with Crippen molar-refractivity contribution in [1.82, 2.24) is 5.32 Å². The number of rotatable bonds is 6. The number of carbonyl (C=O) groups excluding carboxylic acids is 1. The van der Waals surface area contributed by atoms with Gasteiger partial charge in [-0.25, -0.2) is 4.39 Å². The minimum atomic E-state index is -0.284. The van der Waals surface area contributed by atoms with Crippen LogP contribution in [0.25, 0.3) is 0 Å². The summed E-state index contributed by atoms with van der Waals surface area (Å²) in [6.07, 6.45) is 0.944. The predicted molar refractivity (Wildman–Crippen MR) is 79.8 cm³/mol. The third-order valence-corrected chi connectivity index (χ3v) is 2.96. The lowest BCUT2D eigenvalue weighted by atomic mass is 10.2. The van der Waals surface area contributed by atoms with Crippen LogP contribution in [0.5, 0.6) is 5.75 Å². The number of halogens is 1. The highest BCUT2D eigenvalue weighted by Crippen LogP contribution is 2.12. The standard InChI is InChI=1S/C17H18FNO2/c1-2-11-21-16-9-5-14(6-10-16)17(20)19-12-13-3-7-15(18)8-4-13/h3-10H,2,11-12H2,1H3,(H,19,20). The number of benzene rings is 2. The van der Waals surface area contributed by atoms with Crippen LogP contribution in [0.15, 0.2) is 48.5 Å². The maximum Gasteiger partial charge on any atom is 0.251 e. The summed E-state index contributed by atoms with van der Waals surface area (Å²) in [5, 5.41) is 2.80. The molecule has 110 valence electrons. The van der Waals surface area contributed by atoms with Crippen LogP contribution in [0, 0.1) is 5.82 Å². The minimum Gasteiger partial charge on any atom is -0.494 e. The molecule has 0 aliphatic rings. The van der Waals surface area contributed by atoms with Gasteiger partial charge in [-0.15, -0.1) is 0 Å². The van der Waals surface area contributed by atoms with Gasteiger partial charge in [0.1, 0.15) is 11.6 Å². The Morgan fingerprint density at radius 3 is 2.38 bits per heavy atom. The number of hydrogen-bond acceptors (Lipinski definition) is 2. The Bertz CT molecular complexity index is 579. The molecule has 2 aromatic carbocycles. The summed E-state index contributed by atoms with van der Waals surface area (Å²) in [7, 11) is 0. The quantitative estimate of drug-likeness (QED) is 0.882. The van der Waals surface area contributed by atoms with Crippen molar-refractivity contribution >= 4 is 5.91 Å². The lowest BCUT2D eigenvalue weighted by Crippen LogP contribution is -2.22. The zero-order valence-electron chi connectivity index (χ0n) is 11.9. The Morgan fingerprint density at radius 1 is 1.10 bits per heavy atom. The normalized spacial score (nSPS) is 10.2. The second-order valence-corrected chi connectivity index (χ2v) is 4.68. The van der Waals surface area contributed by atoms with Crippen LogP contribution in [0.4, 0.5) is 4.39 Å². The molecule has 3 nitrogen and oxygen atoms in total. The van der Waals surface area contributed by atoms with E-state index in [1.807, 2.05) is 6.92 Å². The topological polar surface area (TPSA) is 38.3 Å². The average Bonchev–Trinajstić information content (AvgIpc) is 2.52. The molecule has 0 saturated heterocycles. The Balaban J connectivity index is 1.89. The fraction of sp³-hybridized carbons (Fsp3) is 0.235. The molecule has 0 saturated carbocycles. The van der Waals surface area contributed by atoms with Gasteiger partial charge in [0.2, 0.25) is 0 Å². The molecule has 0 aromatic heterocycles. The molecule has 0 heterocycles. The maximum absolute atomic E-state index is 12.8. The number of amides is 1. The van der Waals surface area contributed by atoms with Crippen LogP contribution < -0.4 is 10.1 Å². The number of carbonyl (C=O) groups is 1. The number of ether oxygens (including phenoxy) is 1. The van der Waals surface area contributed by atoms with Gasteiger partial charge in [0, 0.05) is 12.1 Å². The van der Waals surface area contributed by atoms with Crippen LogP contribution in [-0.2, 0) is 6.54 Å². The molecule has 2 aromatic rings. The Hall–Kier alpha value is -2.36. The predicted octanol–water partition coefficient (Wildman–Crippen LogP) is 3.54. The van der Waals surface area contributed by atoms with E-state index in [1.54, 1.807) is 36.4 Å². The van der Waals surface area contributed by atoms with E-state index in [4.69, 9.17) is 4.74 Å². The molecule has 1 amide bonds. The van der Waals surface area contributed by atoms with Crippen molar-refractivity contribution in [3.8, 4) is 5.75 Å². The van der Waals surface area contributed by atoms with Crippen LogP contribution >= 0.6 is 0 Å².